The van der Waals surface area contributed by atoms with E-state index in [0.717, 1.165) is 24.5 Å². The van der Waals surface area contributed by atoms with Crippen LogP contribution in [0.1, 0.15) is 32.3 Å². The topological polar surface area (TPSA) is 26.0 Å². The van der Waals surface area contributed by atoms with Gasteiger partial charge in [-0.2, -0.15) is 0 Å². The minimum atomic E-state index is -0.806. The average Bonchev–Trinajstić information content (AvgIpc) is 2.25. The minimum absolute atomic E-state index is 0.0138. The second-order valence-corrected chi connectivity index (χ2v) is 4.19. The molecule has 0 aliphatic heterocycles. The van der Waals surface area contributed by atoms with E-state index in [1.54, 1.807) is 6.07 Å². The van der Waals surface area contributed by atoms with Crippen molar-refractivity contribution in [3.05, 3.63) is 35.4 Å². The Labute approximate surface area is 95.7 Å². The van der Waals surface area contributed by atoms with Gasteiger partial charge in [-0.05, 0) is 30.0 Å². The summed E-state index contributed by atoms with van der Waals surface area (Å²) in [6.45, 7) is 4.19. The second kappa shape index (κ2) is 5.94. The number of halogens is 2. The zero-order chi connectivity index (χ0) is 12.1. The molecule has 0 saturated carbocycles. The molecule has 0 spiro atoms. The van der Waals surface area contributed by atoms with Crippen molar-refractivity contribution < 1.29 is 8.78 Å². The first kappa shape index (κ1) is 13.1. The van der Waals surface area contributed by atoms with Crippen LogP contribution >= 0.6 is 0 Å². The SMILES string of the molecule is CCC(CC)C(N)Cc1ccc(F)c(F)c1. The lowest BCUT2D eigenvalue weighted by Gasteiger charge is -2.21. The van der Waals surface area contributed by atoms with Crippen LogP contribution in [0.4, 0.5) is 8.78 Å². The van der Waals surface area contributed by atoms with Gasteiger partial charge in [-0.3, -0.25) is 0 Å². The van der Waals surface area contributed by atoms with Crippen molar-refractivity contribution >= 4 is 0 Å². The van der Waals surface area contributed by atoms with E-state index in [1.165, 1.54) is 6.07 Å². The van der Waals surface area contributed by atoms with Crippen LogP contribution in [0, 0.1) is 17.6 Å². The summed E-state index contributed by atoms with van der Waals surface area (Å²) in [5.41, 5.74) is 6.81. The number of benzene rings is 1. The largest absolute Gasteiger partial charge is 0.327 e. The zero-order valence-electron chi connectivity index (χ0n) is 9.84. The number of nitrogens with two attached hydrogens (primary N) is 1. The maximum atomic E-state index is 13.0. The molecule has 1 unspecified atom stereocenters. The second-order valence-electron chi connectivity index (χ2n) is 4.19. The molecule has 0 aromatic heterocycles. The highest BCUT2D eigenvalue weighted by Crippen LogP contribution is 2.17. The van der Waals surface area contributed by atoms with Gasteiger partial charge in [0.05, 0.1) is 0 Å². The molecule has 1 aromatic carbocycles. The Hall–Kier alpha value is -0.960. The van der Waals surface area contributed by atoms with E-state index in [0.29, 0.717) is 12.3 Å². The Bertz CT molecular complexity index is 335. The van der Waals surface area contributed by atoms with E-state index in [-0.39, 0.29) is 6.04 Å². The van der Waals surface area contributed by atoms with Gasteiger partial charge >= 0.3 is 0 Å². The minimum Gasteiger partial charge on any atom is -0.327 e. The highest BCUT2D eigenvalue weighted by atomic mass is 19.2. The third-order valence-corrected chi connectivity index (χ3v) is 3.11. The summed E-state index contributed by atoms with van der Waals surface area (Å²) in [7, 11) is 0. The molecule has 0 aliphatic carbocycles. The molecule has 0 radical (unpaired) electrons. The Kier molecular flexibility index (Phi) is 4.87. The molecule has 0 fully saturated rings. The van der Waals surface area contributed by atoms with Crippen molar-refractivity contribution in [2.24, 2.45) is 11.7 Å². The Morgan fingerprint density at radius 2 is 1.75 bits per heavy atom. The number of hydrogen-bond acceptors (Lipinski definition) is 1. The molecule has 3 heteroatoms. The maximum absolute atomic E-state index is 13.0. The van der Waals surface area contributed by atoms with E-state index in [4.69, 9.17) is 5.73 Å². The average molecular weight is 227 g/mol. The van der Waals surface area contributed by atoms with E-state index in [2.05, 4.69) is 13.8 Å². The third-order valence-electron chi connectivity index (χ3n) is 3.11. The van der Waals surface area contributed by atoms with E-state index in [9.17, 15) is 8.78 Å². The first-order valence-electron chi connectivity index (χ1n) is 5.78. The summed E-state index contributed by atoms with van der Waals surface area (Å²) in [5, 5.41) is 0. The highest BCUT2D eigenvalue weighted by molar-refractivity contribution is 5.18. The quantitative estimate of drug-likeness (QED) is 0.820. The molecule has 0 bridgehead atoms. The molecule has 1 aromatic rings. The monoisotopic (exact) mass is 227 g/mol. The fourth-order valence-electron chi connectivity index (χ4n) is 2.00. The molecule has 0 aliphatic rings. The molecule has 0 amide bonds. The van der Waals surface area contributed by atoms with Gasteiger partial charge in [-0.25, -0.2) is 8.78 Å². The van der Waals surface area contributed by atoms with Crippen molar-refractivity contribution in [2.45, 2.75) is 39.2 Å². The molecule has 2 N–H and O–H groups in total. The lowest BCUT2D eigenvalue weighted by atomic mass is 9.90. The number of hydrogen-bond donors (Lipinski definition) is 1. The zero-order valence-corrected chi connectivity index (χ0v) is 9.84. The smallest absolute Gasteiger partial charge is 0.159 e. The standard InChI is InChI=1S/C13H19F2N/c1-3-10(4-2)13(16)8-9-5-6-11(14)12(15)7-9/h5-7,10,13H,3-4,8,16H2,1-2H3. The van der Waals surface area contributed by atoms with Gasteiger partial charge in [0.1, 0.15) is 0 Å². The molecule has 1 atom stereocenters. The molecule has 1 nitrogen and oxygen atoms in total. The normalized spacial score (nSPS) is 13.1. The van der Waals surface area contributed by atoms with Crippen LogP contribution in [0.15, 0.2) is 18.2 Å². The van der Waals surface area contributed by atoms with E-state index >= 15 is 0 Å². The van der Waals surface area contributed by atoms with Gasteiger partial charge in [-0.15, -0.1) is 0 Å². The van der Waals surface area contributed by atoms with Gasteiger partial charge in [0.25, 0.3) is 0 Å². The molecular weight excluding hydrogens is 208 g/mol. The lowest BCUT2D eigenvalue weighted by molar-refractivity contribution is 0.392. The summed E-state index contributed by atoms with van der Waals surface area (Å²) in [6.07, 6.45) is 2.63. The van der Waals surface area contributed by atoms with Crippen LogP contribution in [0.2, 0.25) is 0 Å². The van der Waals surface area contributed by atoms with Crippen molar-refractivity contribution in [1.82, 2.24) is 0 Å². The summed E-state index contributed by atoms with van der Waals surface area (Å²) in [5.74, 6) is -1.16. The van der Waals surface area contributed by atoms with Crippen molar-refractivity contribution in [3.63, 3.8) is 0 Å². The van der Waals surface area contributed by atoms with E-state index < -0.39 is 11.6 Å². The van der Waals surface area contributed by atoms with Crippen LogP contribution in [-0.4, -0.2) is 6.04 Å². The lowest BCUT2D eigenvalue weighted by Crippen LogP contribution is -2.31. The van der Waals surface area contributed by atoms with Gasteiger partial charge < -0.3 is 5.73 Å². The number of rotatable bonds is 5. The van der Waals surface area contributed by atoms with Gasteiger partial charge in [-0.1, -0.05) is 32.8 Å². The predicted octanol–water partition coefficient (Wildman–Crippen LogP) is 3.27. The summed E-state index contributed by atoms with van der Waals surface area (Å²) in [6, 6.07) is 4.00. The first-order chi connectivity index (χ1) is 7.58. The summed E-state index contributed by atoms with van der Waals surface area (Å²) in [4.78, 5) is 0. The maximum Gasteiger partial charge on any atom is 0.159 e. The molecule has 16 heavy (non-hydrogen) atoms. The van der Waals surface area contributed by atoms with Crippen LogP contribution in [0.3, 0.4) is 0 Å². The molecule has 0 heterocycles. The molecule has 1 rings (SSSR count). The van der Waals surface area contributed by atoms with Crippen molar-refractivity contribution in [1.29, 1.82) is 0 Å². The fraction of sp³-hybridized carbons (Fsp3) is 0.538. The molecule has 0 saturated heterocycles. The Morgan fingerprint density at radius 3 is 2.25 bits per heavy atom. The first-order valence-corrected chi connectivity index (χ1v) is 5.78. The summed E-state index contributed by atoms with van der Waals surface area (Å²) < 4.78 is 25.7. The van der Waals surface area contributed by atoms with Crippen LogP contribution in [0.25, 0.3) is 0 Å². The Balaban J connectivity index is 2.69. The van der Waals surface area contributed by atoms with E-state index in [1.807, 2.05) is 0 Å². The van der Waals surface area contributed by atoms with Crippen molar-refractivity contribution in [2.75, 3.05) is 0 Å². The van der Waals surface area contributed by atoms with Gasteiger partial charge in [0.15, 0.2) is 11.6 Å². The van der Waals surface area contributed by atoms with Crippen LogP contribution in [0.5, 0.6) is 0 Å². The van der Waals surface area contributed by atoms with Crippen LogP contribution < -0.4 is 5.73 Å². The fourth-order valence-corrected chi connectivity index (χ4v) is 2.00. The van der Waals surface area contributed by atoms with Gasteiger partial charge in [0, 0.05) is 6.04 Å². The predicted molar refractivity (Wildman–Crippen MR) is 62.1 cm³/mol. The van der Waals surface area contributed by atoms with Crippen molar-refractivity contribution in [3.8, 4) is 0 Å². The molecular formula is C13H19F2N. The van der Waals surface area contributed by atoms with Gasteiger partial charge in [0.2, 0.25) is 0 Å². The Morgan fingerprint density at radius 1 is 1.12 bits per heavy atom. The highest BCUT2D eigenvalue weighted by Gasteiger charge is 2.15. The van der Waals surface area contributed by atoms with Crippen LogP contribution in [-0.2, 0) is 6.42 Å². The summed E-state index contributed by atoms with van der Waals surface area (Å²) >= 11 is 0. The third kappa shape index (κ3) is 3.27. The molecule has 90 valence electrons.